The molecule has 1 aliphatic heterocycles. The van der Waals surface area contributed by atoms with Gasteiger partial charge in [-0.3, -0.25) is 10.2 Å². The molecule has 2 rings (SSSR count). The van der Waals surface area contributed by atoms with Crippen molar-refractivity contribution in [1.82, 2.24) is 10.2 Å². The van der Waals surface area contributed by atoms with Gasteiger partial charge in [-0.2, -0.15) is 0 Å². The first kappa shape index (κ1) is 9.65. The minimum Gasteiger partial charge on any atom is -0.315 e. The predicted octanol–water partition coefficient (Wildman–Crippen LogP) is 0.377. The van der Waals surface area contributed by atoms with Gasteiger partial charge in [0.25, 0.3) is 0 Å². The molecule has 0 saturated carbocycles. The van der Waals surface area contributed by atoms with E-state index in [0.29, 0.717) is 0 Å². The van der Waals surface area contributed by atoms with Crippen LogP contribution in [0.5, 0.6) is 0 Å². The summed E-state index contributed by atoms with van der Waals surface area (Å²) in [6.07, 6.45) is 0.132. The van der Waals surface area contributed by atoms with Gasteiger partial charge in [0.2, 0.25) is 0 Å². The van der Waals surface area contributed by atoms with Crippen molar-refractivity contribution in [2.45, 2.75) is 12.7 Å². The van der Waals surface area contributed by atoms with Crippen molar-refractivity contribution in [3.8, 4) is 0 Å². The third kappa shape index (κ3) is 2.54. The molecule has 0 bridgehead atoms. The van der Waals surface area contributed by atoms with E-state index in [1.165, 1.54) is 5.56 Å². The van der Waals surface area contributed by atoms with E-state index in [1.807, 2.05) is 6.07 Å². The summed E-state index contributed by atoms with van der Waals surface area (Å²) in [5.41, 5.74) is 7.19. The Labute approximate surface area is 84.9 Å². The highest BCUT2D eigenvalue weighted by atomic mass is 15.2. The van der Waals surface area contributed by atoms with E-state index in [0.717, 1.165) is 26.2 Å². The maximum Gasteiger partial charge on any atom is 0.0678 e. The van der Waals surface area contributed by atoms with Gasteiger partial charge >= 0.3 is 0 Å². The molecule has 1 heterocycles. The summed E-state index contributed by atoms with van der Waals surface area (Å²) in [6.45, 7) is 4.03. The van der Waals surface area contributed by atoms with Gasteiger partial charge < -0.3 is 5.73 Å². The number of nitrogens with two attached hydrogens (primary N) is 1. The zero-order valence-electron chi connectivity index (χ0n) is 8.32. The van der Waals surface area contributed by atoms with E-state index in [9.17, 15) is 0 Å². The maximum atomic E-state index is 5.83. The number of nitrogens with one attached hydrogen (secondary N) is 1. The number of hydrogen-bond acceptors (Lipinski definition) is 3. The molecule has 1 aromatic carbocycles. The van der Waals surface area contributed by atoms with Crippen LogP contribution in [0, 0.1) is 0 Å². The highest BCUT2D eigenvalue weighted by molar-refractivity contribution is 5.14. The number of hydrogen-bond donors (Lipinski definition) is 2. The molecule has 0 aliphatic carbocycles. The molecule has 3 heteroatoms. The predicted molar refractivity (Wildman–Crippen MR) is 57.7 cm³/mol. The molecule has 1 saturated heterocycles. The monoisotopic (exact) mass is 191 g/mol. The van der Waals surface area contributed by atoms with Crippen LogP contribution >= 0.6 is 0 Å². The lowest BCUT2D eigenvalue weighted by Crippen LogP contribution is -2.54. The minimum absolute atomic E-state index is 0.132. The Bertz CT molecular complexity index is 273. The molecule has 0 amide bonds. The summed E-state index contributed by atoms with van der Waals surface area (Å²) in [5, 5.41) is 3.23. The highest BCUT2D eigenvalue weighted by Crippen LogP contribution is 2.05. The van der Waals surface area contributed by atoms with Crippen LogP contribution in [0.1, 0.15) is 5.56 Å². The second kappa shape index (κ2) is 4.55. The van der Waals surface area contributed by atoms with Gasteiger partial charge in [0, 0.05) is 26.2 Å². The van der Waals surface area contributed by atoms with Gasteiger partial charge in [-0.05, 0) is 5.56 Å². The molecule has 1 aliphatic rings. The van der Waals surface area contributed by atoms with Crippen molar-refractivity contribution < 1.29 is 0 Å². The van der Waals surface area contributed by atoms with E-state index in [4.69, 9.17) is 5.73 Å². The Morgan fingerprint density at radius 1 is 1.36 bits per heavy atom. The standard InChI is InChI=1S/C11H17N3/c12-11-9-14(7-6-13-11)8-10-4-2-1-3-5-10/h1-5,11,13H,6-9,12H2. The second-order valence-corrected chi connectivity index (χ2v) is 3.78. The van der Waals surface area contributed by atoms with Crippen molar-refractivity contribution in [2.24, 2.45) is 5.73 Å². The molecule has 1 aromatic rings. The van der Waals surface area contributed by atoms with E-state index in [2.05, 4.69) is 34.5 Å². The van der Waals surface area contributed by atoms with Gasteiger partial charge in [-0.25, -0.2) is 0 Å². The van der Waals surface area contributed by atoms with Crippen LogP contribution in [-0.4, -0.2) is 30.7 Å². The van der Waals surface area contributed by atoms with Crippen LogP contribution in [0.3, 0.4) is 0 Å². The molecule has 1 fully saturated rings. The van der Waals surface area contributed by atoms with Crippen LogP contribution < -0.4 is 11.1 Å². The average Bonchev–Trinajstić information content (AvgIpc) is 2.19. The summed E-state index contributed by atoms with van der Waals surface area (Å²) in [6, 6.07) is 10.5. The fourth-order valence-electron chi connectivity index (χ4n) is 1.83. The Kier molecular flexibility index (Phi) is 3.14. The molecule has 0 radical (unpaired) electrons. The smallest absolute Gasteiger partial charge is 0.0678 e. The molecular formula is C11H17N3. The Balaban J connectivity index is 1.91. The maximum absolute atomic E-state index is 5.83. The number of piperazine rings is 1. The fraction of sp³-hybridized carbons (Fsp3) is 0.455. The molecule has 0 aromatic heterocycles. The number of benzene rings is 1. The summed E-state index contributed by atoms with van der Waals surface area (Å²) in [7, 11) is 0. The molecule has 3 N–H and O–H groups in total. The second-order valence-electron chi connectivity index (χ2n) is 3.78. The molecule has 3 nitrogen and oxygen atoms in total. The highest BCUT2D eigenvalue weighted by Gasteiger charge is 2.15. The number of rotatable bonds is 2. The summed E-state index contributed by atoms with van der Waals surface area (Å²) in [5.74, 6) is 0. The van der Waals surface area contributed by atoms with Crippen molar-refractivity contribution >= 4 is 0 Å². The third-order valence-electron chi connectivity index (χ3n) is 2.54. The van der Waals surface area contributed by atoms with Crippen LogP contribution in [0.25, 0.3) is 0 Å². The molecule has 76 valence electrons. The fourth-order valence-corrected chi connectivity index (χ4v) is 1.83. The van der Waals surface area contributed by atoms with Crippen LogP contribution in [0.2, 0.25) is 0 Å². The summed E-state index contributed by atoms with van der Waals surface area (Å²) >= 11 is 0. The molecular weight excluding hydrogens is 174 g/mol. The van der Waals surface area contributed by atoms with Crippen LogP contribution in [0.4, 0.5) is 0 Å². The average molecular weight is 191 g/mol. The van der Waals surface area contributed by atoms with Gasteiger partial charge in [0.15, 0.2) is 0 Å². The Morgan fingerprint density at radius 2 is 2.14 bits per heavy atom. The van der Waals surface area contributed by atoms with Crippen molar-refractivity contribution in [3.05, 3.63) is 35.9 Å². The number of nitrogens with zero attached hydrogens (tertiary/aromatic N) is 1. The van der Waals surface area contributed by atoms with Crippen molar-refractivity contribution in [3.63, 3.8) is 0 Å². The van der Waals surface area contributed by atoms with Gasteiger partial charge in [-0.1, -0.05) is 30.3 Å². The van der Waals surface area contributed by atoms with Gasteiger partial charge in [-0.15, -0.1) is 0 Å². The van der Waals surface area contributed by atoms with Gasteiger partial charge in [0.05, 0.1) is 6.17 Å². The lowest BCUT2D eigenvalue weighted by atomic mass is 10.2. The lowest BCUT2D eigenvalue weighted by Gasteiger charge is -2.31. The van der Waals surface area contributed by atoms with Crippen molar-refractivity contribution in [2.75, 3.05) is 19.6 Å². The Morgan fingerprint density at radius 3 is 2.86 bits per heavy atom. The van der Waals surface area contributed by atoms with E-state index in [-0.39, 0.29) is 6.17 Å². The SMILES string of the molecule is NC1CN(Cc2ccccc2)CCN1. The first-order valence-electron chi connectivity index (χ1n) is 5.10. The van der Waals surface area contributed by atoms with Crippen molar-refractivity contribution in [1.29, 1.82) is 0 Å². The molecule has 1 unspecified atom stereocenters. The largest absolute Gasteiger partial charge is 0.315 e. The summed E-state index contributed by atoms with van der Waals surface area (Å²) < 4.78 is 0. The third-order valence-corrected chi connectivity index (χ3v) is 2.54. The quantitative estimate of drug-likeness (QED) is 0.710. The normalized spacial score (nSPS) is 23.6. The first-order valence-corrected chi connectivity index (χ1v) is 5.10. The minimum atomic E-state index is 0.132. The van der Waals surface area contributed by atoms with Gasteiger partial charge in [0.1, 0.15) is 0 Å². The van der Waals surface area contributed by atoms with Crippen LogP contribution in [0.15, 0.2) is 30.3 Å². The molecule has 0 spiro atoms. The lowest BCUT2D eigenvalue weighted by molar-refractivity contribution is 0.195. The summed E-state index contributed by atoms with van der Waals surface area (Å²) in [4.78, 5) is 2.39. The topological polar surface area (TPSA) is 41.3 Å². The zero-order chi connectivity index (χ0) is 9.80. The zero-order valence-corrected chi connectivity index (χ0v) is 8.32. The molecule has 14 heavy (non-hydrogen) atoms. The Hall–Kier alpha value is -0.900. The van der Waals surface area contributed by atoms with E-state index in [1.54, 1.807) is 0 Å². The first-order chi connectivity index (χ1) is 6.84. The van der Waals surface area contributed by atoms with E-state index >= 15 is 0 Å². The van der Waals surface area contributed by atoms with Crippen LogP contribution in [-0.2, 0) is 6.54 Å². The van der Waals surface area contributed by atoms with E-state index < -0.39 is 0 Å². The molecule has 1 atom stereocenters.